The zero-order valence-electron chi connectivity index (χ0n) is 11.3. The van der Waals surface area contributed by atoms with E-state index in [1.807, 2.05) is 26.8 Å². The van der Waals surface area contributed by atoms with Gasteiger partial charge in [-0.25, -0.2) is 8.42 Å². The van der Waals surface area contributed by atoms with Gasteiger partial charge in [0.05, 0.1) is 4.90 Å². The molecule has 0 radical (unpaired) electrons. The van der Waals surface area contributed by atoms with E-state index in [0.717, 1.165) is 30.4 Å². The Labute approximate surface area is 110 Å². The minimum Gasteiger partial charge on any atom is -0.207 e. The lowest BCUT2D eigenvalue weighted by molar-refractivity contribution is 0.268. The molecule has 0 saturated carbocycles. The molecule has 0 amide bonds. The summed E-state index contributed by atoms with van der Waals surface area (Å²) in [6, 6.07) is 5.51. The van der Waals surface area contributed by atoms with Crippen molar-refractivity contribution in [2.45, 2.75) is 51.0 Å². The summed E-state index contributed by atoms with van der Waals surface area (Å²) in [4.78, 5) is 0.430. The molecule has 0 bridgehead atoms. The van der Waals surface area contributed by atoms with Crippen LogP contribution < -0.4 is 0 Å². The molecule has 0 spiro atoms. The molecule has 1 aliphatic rings. The molecule has 1 aromatic rings. The molecular weight excluding hydrogens is 246 g/mol. The van der Waals surface area contributed by atoms with E-state index < -0.39 is 10.0 Å². The summed E-state index contributed by atoms with van der Waals surface area (Å²) in [5.41, 5.74) is 2.15. The van der Waals surface area contributed by atoms with Gasteiger partial charge in [-0.3, -0.25) is 0 Å². The molecule has 18 heavy (non-hydrogen) atoms. The first-order valence-electron chi connectivity index (χ1n) is 6.52. The molecule has 0 unspecified atom stereocenters. The number of sulfonamides is 1. The van der Waals surface area contributed by atoms with Gasteiger partial charge < -0.3 is 0 Å². The quantitative estimate of drug-likeness (QED) is 0.826. The average Bonchev–Trinajstić information content (AvgIpc) is 2.33. The molecule has 4 heteroatoms. The Morgan fingerprint density at radius 2 is 1.89 bits per heavy atom. The summed E-state index contributed by atoms with van der Waals surface area (Å²) < 4.78 is 26.8. The Bertz CT molecular complexity index is 537. The van der Waals surface area contributed by atoms with Gasteiger partial charge in [0, 0.05) is 12.6 Å². The summed E-state index contributed by atoms with van der Waals surface area (Å²) in [6.07, 6.45) is 3.05. The minimum absolute atomic E-state index is 0.116. The van der Waals surface area contributed by atoms with Crippen LogP contribution in [0.5, 0.6) is 0 Å². The van der Waals surface area contributed by atoms with Gasteiger partial charge in [0.2, 0.25) is 10.0 Å². The summed E-state index contributed by atoms with van der Waals surface area (Å²) in [6.45, 7) is 6.59. The van der Waals surface area contributed by atoms with Gasteiger partial charge in [-0.1, -0.05) is 12.5 Å². The number of hydrogen-bond acceptors (Lipinski definition) is 2. The van der Waals surface area contributed by atoms with Crippen LogP contribution in [0.4, 0.5) is 0 Å². The van der Waals surface area contributed by atoms with Crippen LogP contribution in [0, 0.1) is 13.8 Å². The van der Waals surface area contributed by atoms with Crippen LogP contribution >= 0.6 is 0 Å². The first-order chi connectivity index (χ1) is 8.43. The monoisotopic (exact) mass is 267 g/mol. The Morgan fingerprint density at radius 1 is 1.17 bits per heavy atom. The van der Waals surface area contributed by atoms with Crippen molar-refractivity contribution in [1.29, 1.82) is 0 Å². The third kappa shape index (κ3) is 2.45. The van der Waals surface area contributed by atoms with Crippen molar-refractivity contribution >= 4 is 10.0 Å². The Kier molecular flexibility index (Phi) is 3.78. The van der Waals surface area contributed by atoms with Gasteiger partial charge in [0.25, 0.3) is 0 Å². The van der Waals surface area contributed by atoms with E-state index in [2.05, 4.69) is 0 Å². The molecule has 1 saturated heterocycles. The molecular formula is C14H21NO2S. The maximum atomic E-state index is 12.6. The van der Waals surface area contributed by atoms with Gasteiger partial charge in [0.1, 0.15) is 0 Å². The minimum atomic E-state index is -3.32. The van der Waals surface area contributed by atoms with Crippen LogP contribution in [-0.4, -0.2) is 25.3 Å². The molecule has 1 aliphatic heterocycles. The number of benzene rings is 1. The summed E-state index contributed by atoms with van der Waals surface area (Å²) in [5.74, 6) is 0. The van der Waals surface area contributed by atoms with Crippen molar-refractivity contribution in [1.82, 2.24) is 4.31 Å². The molecule has 1 aromatic carbocycles. The summed E-state index contributed by atoms with van der Waals surface area (Å²) in [7, 11) is -3.32. The molecule has 2 rings (SSSR count). The molecule has 0 aliphatic carbocycles. The van der Waals surface area contributed by atoms with Gasteiger partial charge >= 0.3 is 0 Å². The molecule has 3 nitrogen and oxygen atoms in total. The van der Waals surface area contributed by atoms with Gasteiger partial charge in [-0.15, -0.1) is 0 Å². The second-order valence-electron chi connectivity index (χ2n) is 5.21. The first kappa shape index (κ1) is 13.6. The largest absolute Gasteiger partial charge is 0.243 e. The van der Waals surface area contributed by atoms with Crippen molar-refractivity contribution in [3.63, 3.8) is 0 Å². The number of hydrogen-bond donors (Lipinski definition) is 0. The number of rotatable bonds is 2. The topological polar surface area (TPSA) is 37.4 Å². The van der Waals surface area contributed by atoms with E-state index in [0.29, 0.717) is 11.4 Å². The number of aryl methyl sites for hydroxylation is 2. The Balaban J connectivity index is 2.37. The van der Waals surface area contributed by atoms with Gasteiger partial charge in [0.15, 0.2) is 0 Å². The van der Waals surface area contributed by atoms with Crippen LogP contribution in [-0.2, 0) is 10.0 Å². The third-order valence-corrected chi connectivity index (χ3v) is 5.84. The predicted octanol–water partition coefficient (Wildman–Crippen LogP) is 2.87. The highest BCUT2D eigenvalue weighted by molar-refractivity contribution is 7.89. The zero-order valence-corrected chi connectivity index (χ0v) is 12.1. The maximum absolute atomic E-state index is 12.6. The molecule has 0 aromatic heterocycles. The molecule has 0 N–H and O–H groups in total. The Morgan fingerprint density at radius 3 is 2.50 bits per heavy atom. The summed E-state index contributed by atoms with van der Waals surface area (Å²) in [5, 5.41) is 0. The second-order valence-corrected chi connectivity index (χ2v) is 7.10. The van der Waals surface area contributed by atoms with Crippen LogP contribution in [0.25, 0.3) is 0 Å². The second kappa shape index (κ2) is 5.02. The highest BCUT2D eigenvalue weighted by Gasteiger charge is 2.30. The lowest BCUT2D eigenvalue weighted by atomic mass is 10.1. The predicted molar refractivity (Wildman–Crippen MR) is 73.1 cm³/mol. The molecule has 100 valence electrons. The van der Waals surface area contributed by atoms with E-state index in [1.165, 1.54) is 0 Å². The zero-order chi connectivity index (χ0) is 13.3. The van der Waals surface area contributed by atoms with E-state index in [-0.39, 0.29) is 6.04 Å². The van der Waals surface area contributed by atoms with Crippen molar-refractivity contribution in [2.75, 3.05) is 6.54 Å². The van der Waals surface area contributed by atoms with Crippen LogP contribution in [0.3, 0.4) is 0 Å². The molecule has 1 fully saturated rings. The van der Waals surface area contributed by atoms with E-state index >= 15 is 0 Å². The van der Waals surface area contributed by atoms with E-state index in [9.17, 15) is 8.42 Å². The normalized spacial score (nSPS) is 22.1. The van der Waals surface area contributed by atoms with E-state index in [1.54, 1.807) is 16.4 Å². The highest BCUT2D eigenvalue weighted by atomic mass is 32.2. The van der Waals surface area contributed by atoms with Crippen LogP contribution in [0.15, 0.2) is 23.1 Å². The van der Waals surface area contributed by atoms with Crippen molar-refractivity contribution in [3.05, 3.63) is 29.3 Å². The van der Waals surface area contributed by atoms with Crippen molar-refractivity contribution in [3.8, 4) is 0 Å². The lowest BCUT2D eigenvalue weighted by Gasteiger charge is -2.32. The van der Waals surface area contributed by atoms with Crippen LogP contribution in [0.1, 0.15) is 37.3 Å². The fraction of sp³-hybridized carbons (Fsp3) is 0.571. The molecule has 1 atom stereocenters. The fourth-order valence-corrected chi connectivity index (χ4v) is 4.22. The summed E-state index contributed by atoms with van der Waals surface area (Å²) >= 11 is 0. The SMILES string of the molecule is Cc1ccc(S(=O)(=O)N2CCCC[C@H]2C)cc1C. The average molecular weight is 267 g/mol. The van der Waals surface area contributed by atoms with Gasteiger partial charge in [-0.05, 0) is 56.9 Å². The standard InChI is InChI=1S/C14H21NO2S/c1-11-7-8-14(10-12(11)2)18(16,17)15-9-5-4-6-13(15)3/h7-8,10,13H,4-6,9H2,1-3H3/t13-/m1/s1. The van der Waals surface area contributed by atoms with Gasteiger partial charge in [-0.2, -0.15) is 4.31 Å². The van der Waals surface area contributed by atoms with E-state index in [4.69, 9.17) is 0 Å². The number of piperidine rings is 1. The van der Waals surface area contributed by atoms with Crippen LogP contribution in [0.2, 0.25) is 0 Å². The smallest absolute Gasteiger partial charge is 0.207 e. The number of nitrogens with zero attached hydrogens (tertiary/aromatic N) is 1. The first-order valence-corrected chi connectivity index (χ1v) is 7.96. The third-order valence-electron chi connectivity index (χ3n) is 3.83. The fourth-order valence-electron chi connectivity index (χ4n) is 2.44. The highest BCUT2D eigenvalue weighted by Crippen LogP contribution is 2.26. The maximum Gasteiger partial charge on any atom is 0.243 e. The van der Waals surface area contributed by atoms with Crippen molar-refractivity contribution in [2.24, 2.45) is 0 Å². The van der Waals surface area contributed by atoms with Crippen molar-refractivity contribution < 1.29 is 8.42 Å². The molecule has 1 heterocycles. The Hall–Kier alpha value is -0.870. The lowest BCUT2D eigenvalue weighted by Crippen LogP contribution is -2.41.